The Morgan fingerprint density at radius 1 is 0.534 bits per heavy atom. The van der Waals surface area contributed by atoms with E-state index >= 15 is 0 Å². The van der Waals surface area contributed by atoms with Gasteiger partial charge in [0.1, 0.15) is 24.2 Å². The van der Waals surface area contributed by atoms with Crippen LogP contribution in [0.2, 0.25) is 0 Å². The minimum absolute atomic E-state index is 0.0778. The van der Waals surface area contributed by atoms with Crippen molar-refractivity contribution in [1.29, 1.82) is 0 Å². The first-order valence-corrected chi connectivity index (χ1v) is 19.0. The van der Waals surface area contributed by atoms with Gasteiger partial charge in [-0.25, -0.2) is 4.79 Å². The third-order valence-corrected chi connectivity index (χ3v) is 9.02. The van der Waals surface area contributed by atoms with Crippen LogP contribution in [0.5, 0.6) is 0 Å². The largest absolute Gasteiger partial charge is 0.481 e. The van der Waals surface area contributed by atoms with Gasteiger partial charge in [0.05, 0.1) is 0 Å². The van der Waals surface area contributed by atoms with Crippen LogP contribution >= 0.6 is 22.6 Å². The van der Waals surface area contributed by atoms with Gasteiger partial charge in [-0.3, -0.25) is 43.2 Å². The summed E-state index contributed by atoms with van der Waals surface area (Å²) in [5.41, 5.74) is 0.460. The first-order valence-electron chi connectivity index (χ1n) is 17.9. The van der Waals surface area contributed by atoms with Crippen molar-refractivity contribution in [3.8, 4) is 0 Å². The zero-order valence-electron chi connectivity index (χ0n) is 31.2. The van der Waals surface area contributed by atoms with Crippen LogP contribution in [-0.2, 0) is 33.6 Å². The molecule has 0 aliphatic carbocycles. The van der Waals surface area contributed by atoms with Crippen LogP contribution in [0.25, 0.3) is 0 Å². The second-order valence-electron chi connectivity index (χ2n) is 12.8. The van der Waals surface area contributed by atoms with Gasteiger partial charge in [-0.1, -0.05) is 12.1 Å². The fourth-order valence-corrected chi connectivity index (χ4v) is 5.82. The van der Waals surface area contributed by atoms with Gasteiger partial charge in [-0.05, 0) is 97.5 Å². The minimum Gasteiger partial charge on any atom is -0.481 e. The Labute approximate surface area is 345 Å². The molecule has 0 fully saturated rings. The molecule has 314 valence electrons. The van der Waals surface area contributed by atoms with E-state index in [0.29, 0.717) is 12.0 Å². The van der Waals surface area contributed by atoms with Crippen molar-refractivity contribution >= 4 is 81.9 Å². The van der Waals surface area contributed by atoms with E-state index < -0.39 is 116 Å². The first kappa shape index (κ1) is 48.0. The Morgan fingerprint density at radius 2 is 0.966 bits per heavy atom. The predicted octanol–water partition coefficient (Wildman–Crippen LogP) is 0.483. The number of carboxylic acid groups (broad SMARTS) is 4. The van der Waals surface area contributed by atoms with Crippen molar-refractivity contribution < 1.29 is 68.4 Å². The number of hydrogen-bond donors (Lipinski definition) is 10. The highest BCUT2D eigenvalue weighted by Crippen LogP contribution is 2.11. The Balaban J connectivity index is 2.20. The van der Waals surface area contributed by atoms with E-state index in [1.54, 1.807) is 18.2 Å². The fourth-order valence-electron chi connectivity index (χ4n) is 5.28. The first-order chi connectivity index (χ1) is 27.4. The van der Waals surface area contributed by atoms with Gasteiger partial charge < -0.3 is 52.3 Å². The molecule has 2 aromatic rings. The molecule has 0 heterocycles. The topological polar surface area (TPSA) is 324 Å². The molecule has 0 saturated heterocycles. The summed E-state index contributed by atoms with van der Waals surface area (Å²) in [5, 5.41) is 51.9. The maximum atomic E-state index is 13.5. The number of hydrogen-bond acceptors (Lipinski definition) is 10. The Morgan fingerprint density at radius 3 is 1.41 bits per heavy atom. The second-order valence-corrected chi connectivity index (χ2v) is 14.0. The third kappa shape index (κ3) is 17.3. The SMILES string of the molecule is CNC(=O)c1cccc(C(=O)N[C@H](CCC(=O)O)C(=O)N[C@H](CCC(=O)O)C(=O)N[C@H](CCC(=O)O)C(=O)N[C@H](CCCCNC(=O)c2cccc(I)c2)C(=O)O)c1. The van der Waals surface area contributed by atoms with E-state index in [9.17, 15) is 68.4 Å². The summed E-state index contributed by atoms with van der Waals surface area (Å²) in [6.07, 6.45) is -3.19. The number of benzene rings is 2. The Kier molecular flexibility index (Phi) is 20.3. The van der Waals surface area contributed by atoms with Gasteiger partial charge in [0, 0.05) is 53.1 Å². The Hall–Kier alpha value is -6.13. The summed E-state index contributed by atoms with van der Waals surface area (Å²) in [5.74, 6) is -10.7. The average Bonchev–Trinajstić information content (AvgIpc) is 3.17. The summed E-state index contributed by atoms with van der Waals surface area (Å²) in [6, 6.07) is 5.68. The summed E-state index contributed by atoms with van der Waals surface area (Å²) in [7, 11) is 1.37. The third-order valence-electron chi connectivity index (χ3n) is 8.35. The molecule has 0 saturated carbocycles. The molecule has 21 heteroatoms. The van der Waals surface area contributed by atoms with Crippen LogP contribution in [0.4, 0.5) is 0 Å². The Bertz CT molecular complexity index is 1860. The quantitative estimate of drug-likeness (QED) is 0.0479. The zero-order chi connectivity index (χ0) is 43.4. The van der Waals surface area contributed by atoms with Crippen LogP contribution < -0.4 is 31.9 Å². The van der Waals surface area contributed by atoms with Crippen molar-refractivity contribution in [2.45, 2.75) is 82.0 Å². The summed E-state index contributed by atoms with van der Waals surface area (Å²) in [4.78, 5) is 124. The molecular weight excluding hydrogens is 879 g/mol. The van der Waals surface area contributed by atoms with Crippen molar-refractivity contribution in [3.63, 3.8) is 0 Å². The van der Waals surface area contributed by atoms with Crippen LogP contribution in [0.3, 0.4) is 0 Å². The lowest BCUT2D eigenvalue weighted by Gasteiger charge is -2.26. The molecule has 2 aromatic carbocycles. The van der Waals surface area contributed by atoms with E-state index in [2.05, 4.69) is 54.5 Å². The lowest BCUT2D eigenvalue weighted by Crippen LogP contribution is -2.58. The van der Waals surface area contributed by atoms with Crippen molar-refractivity contribution in [1.82, 2.24) is 31.9 Å². The maximum Gasteiger partial charge on any atom is 0.326 e. The lowest BCUT2D eigenvalue weighted by atomic mass is 10.0. The molecule has 2 rings (SSSR count). The van der Waals surface area contributed by atoms with E-state index in [-0.39, 0.29) is 36.4 Å². The average molecular weight is 925 g/mol. The highest BCUT2D eigenvalue weighted by Gasteiger charge is 2.32. The molecule has 0 aromatic heterocycles. The number of rotatable bonds is 25. The highest BCUT2D eigenvalue weighted by atomic mass is 127. The van der Waals surface area contributed by atoms with Gasteiger partial charge >= 0.3 is 23.9 Å². The number of carbonyl (C=O) groups excluding carboxylic acids is 6. The molecule has 0 aliphatic heterocycles. The summed E-state index contributed by atoms with van der Waals surface area (Å²) < 4.78 is 0.857. The minimum atomic E-state index is -1.73. The molecule has 10 N–H and O–H groups in total. The van der Waals surface area contributed by atoms with Gasteiger partial charge in [0.15, 0.2) is 0 Å². The lowest BCUT2D eigenvalue weighted by molar-refractivity contribution is -0.143. The number of aliphatic carboxylic acids is 4. The zero-order valence-corrected chi connectivity index (χ0v) is 33.4. The second kappa shape index (κ2) is 24.5. The summed E-state index contributed by atoms with van der Waals surface area (Å²) in [6.45, 7) is 0.192. The summed E-state index contributed by atoms with van der Waals surface area (Å²) >= 11 is 2.06. The number of halogens is 1. The highest BCUT2D eigenvalue weighted by molar-refractivity contribution is 14.1. The number of carboxylic acids is 4. The molecule has 0 bridgehead atoms. The van der Waals surface area contributed by atoms with Gasteiger partial charge in [-0.2, -0.15) is 0 Å². The molecule has 20 nitrogen and oxygen atoms in total. The molecule has 58 heavy (non-hydrogen) atoms. The molecule has 4 atom stereocenters. The van der Waals surface area contributed by atoms with Crippen LogP contribution in [0, 0.1) is 3.57 Å². The van der Waals surface area contributed by atoms with E-state index in [4.69, 9.17) is 0 Å². The van der Waals surface area contributed by atoms with E-state index in [1.807, 2.05) is 6.07 Å². The number of unbranched alkanes of at least 4 members (excludes halogenated alkanes) is 1. The van der Waals surface area contributed by atoms with Crippen molar-refractivity contribution in [3.05, 3.63) is 68.8 Å². The van der Waals surface area contributed by atoms with Crippen LogP contribution in [-0.4, -0.2) is 118 Å². The molecule has 0 spiro atoms. The van der Waals surface area contributed by atoms with Crippen LogP contribution in [0.1, 0.15) is 88.9 Å². The fraction of sp³-hybridized carbons (Fsp3) is 0.405. The number of amides is 6. The molecule has 0 unspecified atom stereocenters. The molecule has 0 aliphatic rings. The van der Waals surface area contributed by atoms with Gasteiger partial charge in [0.25, 0.3) is 17.7 Å². The number of carbonyl (C=O) groups is 10. The van der Waals surface area contributed by atoms with E-state index in [0.717, 1.165) is 3.57 Å². The van der Waals surface area contributed by atoms with Crippen molar-refractivity contribution in [2.75, 3.05) is 13.6 Å². The maximum absolute atomic E-state index is 13.5. The normalized spacial score (nSPS) is 12.7. The number of nitrogens with one attached hydrogen (secondary N) is 6. The predicted molar refractivity (Wildman–Crippen MR) is 210 cm³/mol. The molecule has 0 radical (unpaired) electrons. The smallest absolute Gasteiger partial charge is 0.326 e. The van der Waals surface area contributed by atoms with Crippen molar-refractivity contribution in [2.24, 2.45) is 0 Å². The molecular formula is C37H45IN6O14. The van der Waals surface area contributed by atoms with Crippen LogP contribution in [0.15, 0.2) is 48.5 Å². The standard InChI is InChI=1S/C37H45IN6O14/c1-39-31(51)20-6-4-7-21(18-20)33(53)41-24(11-14-28(45)46)34(54)42-25(12-15-29(47)48)35(55)43-26(13-16-30(49)50)36(56)44-27(37(57)58)10-2-3-17-40-32(52)22-8-5-9-23(38)19-22/h4-9,18-19,24-27H,2-3,10-17H2,1H3,(H,39,51)(H,40,52)(H,41,53)(H,42,54)(H,43,55)(H,44,56)(H,45,46)(H,47,48)(H,49,50)(H,57,58)/t24-,25-,26-,27-/m1/s1. The van der Waals surface area contributed by atoms with E-state index in [1.165, 1.54) is 31.3 Å². The van der Waals surface area contributed by atoms with Gasteiger partial charge in [0.2, 0.25) is 17.7 Å². The molecule has 6 amide bonds. The monoisotopic (exact) mass is 924 g/mol. The van der Waals surface area contributed by atoms with Gasteiger partial charge in [-0.15, -0.1) is 0 Å².